The number of carbonyl (C=O) groups is 2. The van der Waals surface area contributed by atoms with Crippen LogP contribution in [0.4, 0.5) is 4.79 Å². The fraction of sp³-hybridized carbons (Fsp3) is 0.455. The van der Waals surface area contributed by atoms with E-state index >= 15 is 0 Å². The van der Waals surface area contributed by atoms with Crippen LogP contribution in [-0.4, -0.2) is 48.2 Å². The highest BCUT2D eigenvalue weighted by Crippen LogP contribution is 2.26. The highest BCUT2D eigenvalue weighted by molar-refractivity contribution is 5.74. The van der Waals surface area contributed by atoms with Gasteiger partial charge in [-0.15, -0.1) is 0 Å². The average molecular weight is 399 g/mol. The van der Waals surface area contributed by atoms with E-state index in [9.17, 15) is 9.59 Å². The van der Waals surface area contributed by atoms with Gasteiger partial charge in [0, 0.05) is 20.0 Å². The van der Waals surface area contributed by atoms with Gasteiger partial charge in [0.2, 0.25) is 5.91 Å². The van der Waals surface area contributed by atoms with E-state index < -0.39 is 5.60 Å². The number of benzene rings is 1. The molecule has 1 unspecified atom stereocenters. The zero-order valence-electron chi connectivity index (χ0n) is 17.5. The third kappa shape index (κ3) is 5.84. The van der Waals surface area contributed by atoms with E-state index in [1.807, 2.05) is 39.0 Å². The normalized spacial score (nSPS) is 19.2. The van der Waals surface area contributed by atoms with E-state index in [4.69, 9.17) is 9.57 Å². The molecule has 0 bridgehead atoms. The number of hydrogen-bond acceptors (Lipinski definition) is 5. The second-order valence-electron chi connectivity index (χ2n) is 8.26. The first kappa shape index (κ1) is 20.9. The first-order valence-corrected chi connectivity index (χ1v) is 9.87. The number of rotatable bonds is 4. The molecule has 2 aliphatic heterocycles. The molecule has 2 heterocycles. The molecule has 0 radical (unpaired) electrons. The van der Waals surface area contributed by atoms with Gasteiger partial charge in [0.05, 0.1) is 12.2 Å². The predicted molar refractivity (Wildman–Crippen MR) is 112 cm³/mol. The summed E-state index contributed by atoms with van der Waals surface area (Å²) in [5.41, 5.74) is 6.72. The van der Waals surface area contributed by atoms with Crippen molar-refractivity contribution in [3.8, 4) is 0 Å². The van der Waals surface area contributed by atoms with Crippen LogP contribution in [0.3, 0.4) is 0 Å². The van der Waals surface area contributed by atoms with Crippen molar-refractivity contribution in [3.63, 3.8) is 0 Å². The van der Waals surface area contributed by atoms with E-state index in [1.165, 1.54) is 12.5 Å². The van der Waals surface area contributed by atoms with Crippen LogP contribution in [0, 0.1) is 0 Å². The Morgan fingerprint density at radius 2 is 1.93 bits per heavy atom. The van der Waals surface area contributed by atoms with E-state index in [1.54, 1.807) is 4.90 Å². The number of ether oxygens (including phenoxy) is 1. The SMILES string of the molecule is CC(=O)NCC1C=C(c2ccc(C3=CCN(C(=O)OC(C)(C)C)CC3)cc2)NO1. The third-order valence-corrected chi connectivity index (χ3v) is 4.65. The van der Waals surface area contributed by atoms with Gasteiger partial charge in [0.25, 0.3) is 0 Å². The minimum atomic E-state index is -0.481. The van der Waals surface area contributed by atoms with Crippen molar-refractivity contribution < 1.29 is 19.2 Å². The lowest BCUT2D eigenvalue weighted by Gasteiger charge is -2.29. The van der Waals surface area contributed by atoms with Gasteiger partial charge in [-0.05, 0) is 50.0 Å². The first-order valence-electron chi connectivity index (χ1n) is 9.87. The number of amides is 2. The Bertz CT molecular complexity index is 821. The van der Waals surface area contributed by atoms with Gasteiger partial charge in [0.15, 0.2) is 0 Å². The van der Waals surface area contributed by atoms with Crippen LogP contribution < -0.4 is 10.8 Å². The number of hydroxylamine groups is 1. The maximum Gasteiger partial charge on any atom is 0.410 e. The standard InChI is InChI=1S/C22H29N3O4/c1-15(26)23-14-19-13-20(24-29-19)18-7-5-16(6-8-18)17-9-11-25(12-10-17)21(27)28-22(2,3)4/h5-9,13,19,24H,10-12,14H2,1-4H3,(H,23,26). The predicted octanol–water partition coefficient (Wildman–Crippen LogP) is 3.09. The summed E-state index contributed by atoms with van der Waals surface area (Å²) in [6.45, 7) is 8.74. The summed E-state index contributed by atoms with van der Waals surface area (Å²) in [5, 5.41) is 2.74. The van der Waals surface area contributed by atoms with Crippen LogP contribution in [0.2, 0.25) is 0 Å². The van der Waals surface area contributed by atoms with Gasteiger partial charge in [-0.25, -0.2) is 4.79 Å². The largest absolute Gasteiger partial charge is 0.444 e. The van der Waals surface area contributed by atoms with Gasteiger partial charge in [-0.1, -0.05) is 30.3 Å². The monoisotopic (exact) mass is 399 g/mol. The maximum atomic E-state index is 12.2. The van der Waals surface area contributed by atoms with Gasteiger partial charge < -0.3 is 15.0 Å². The smallest absolute Gasteiger partial charge is 0.410 e. The van der Waals surface area contributed by atoms with Crippen LogP contribution in [0.5, 0.6) is 0 Å². The molecule has 2 N–H and O–H groups in total. The molecule has 0 saturated heterocycles. The fourth-order valence-corrected chi connectivity index (χ4v) is 3.18. The van der Waals surface area contributed by atoms with Crippen LogP contribution in [0.15, 0.2) is 36.4 Å². The lowest BCUT2D eigenvalue weighted by Crippen LogP contribution is -2.39. The minimum absolute atomic E-state index is 0.0780. The highest BCUT2D eigenvalue weighted by atomic mass is 16.7. The summed E-state index contributed by atoms with van der Waals surface area (Å²) in [6, 6.07) is 8.24. The molecule has 156 valence electrons. The van der Waals surface area contributed by atoms with Crippen molar-refractivity contribution in [2.45, 2.75) is 45.8 Å². The highest BCUT2D eigenvalue weighted by Gasteiger charge is 2.24. The summed E-state index contributed by atoms with van der Waals surface area (Å²) < 4.78 is 5.44. The second kappa shape index (κ2) is 8.69. The van der Waals surface area contributed by atoms with Gasteiger partial charge in [-0.3, -0.25) is 15.1 Å². The Morgan fingerprint density at radius 3 is 2.52 bits per heavy atom. The summed E-state index contributed by atoms with van der Waals surface area (Å²) in [6.07, 6.45) is 4.39. The van der Waals surface area contributed by atoms with Crippen molar-refractivity contribution in [2.24, 2.45) is 0 Å². The topological polar surface area (TPSA) is 79.9 Å². The van der Waals surface area contributed by atoms with Crippen molar-refractivity contribution in [1.82, 2.24) is 15.7 Å². The number of hydrogen-bond donors (Lipinski definition) is 2. The summed E-state index contributed by atoms with van der Waals surface area (Å²) >= 11 is 0. The van der Waals surface area contributed by atoms with E-state index in [0.29, 0.717) is 19.6 Å². The molecule has 0 aliphatic carbocycles. The van der Waals surface area contributed by atoms with Crippen LogP contribution >= 0.6 is 0 Å². The minimum Gasteiger partial charge on any atom is -0.444 e. The van der Waals surface area contributed by atoms with Gasteiger partial charge >= 0.3 is 6.09 Å². The molecule has 1 aromatic rings. The molecule has 29 heavy (non-hydrogen) atoms. The molecule has 0 fully saturated rings. The van der Waals surface area contributed by atoms with Crippen molar-refractivity contribution in [1.29, 1.82) is 0 Å². The molecule has 2 aliphatic rings. The molecular formula is C22H29N3O4. The zero-order chi connectivity index (χ0) is 21.0. The number of nitrogens with zero attached hydrogens (tertiary/aromatic N) is 1. The number of carbonyl (C=O) groups excluding carboxylic acids is 2. The molecule has 1 atom stereocenters. The summed E-state index contributed by atoms with van der Waals surface area (Å²) in [7, 11) is 0. The Morgan fingerprint density at radius 1 is 1.24 bits per heavy atom. The molecule has 1 aromatic carbocycles. The molecular weight excluding hydrogens is 370 g/mol. The number of nitrogens with one attached hydrogen (secondary N) is 2. The van der Waals surface area contributed by atoms with Crippen LogP contribution in [0.1, 0.15) is 45.2 Å². The molecule has 0 saturated carbocycles. The Hall–Kier alpha value is -2.80. The third-order valence-electron chi connectivity index (χ3n) is 4.65. The fourth-order valence-electron chi connectivity index (χ4n) is 3.18. The Balaban J connectivity index is 1.59. The molecule has 0 aromatic heterocycles. The first-order chi connectivity index (χ1) is 13.7. The Kier molecular flexibility index (Phi) is 6.27. The zero-order valence-corrected chi connectivity index (χ0v) is 17.5. The average Bonchev–Trinajstić information content (AvgIpc) is 3.14. The quantitative estimate of drug-likeness (QED) is 0.813. The second-order valence-corrected chi connectivity index (χ2v) is 8.26. The lowest BCUT2D eigenvalue weighted by molar-refractivity contribution is -0.119. The van der Waals surface area contributed by atoms with E-state index in [0.717, 1.165) is 23.2 Å². The van der Waals surface area contributed by atoms with E-state index in [2.05, 4.69) is 29.0 Å². The van der Waals surface area contributed by atoms with E-state index in [-0.39, 0.29) is 18.1 Å². The molecule has 7 nitrogen and oxygen atoms in total. The van der Waals surface area contributed by atoms with Crippen LogP contribution in [0.25, 0.3) is 11.3 Å². The van der Waals surface area contributed by atoms with Crippen molar-refractivity contribution >= 4 is 23.3 Å². The maximum absolute atomic E-state index is 12.2. The van der Waals surface area contributed by atoms with Crippen molar-refractivity contribution in [2.75, 3.05) is 19.6 Å². The van der Waals surface area contributed by atoms with Crippen LogP contribution in [-0.2, 0) is 14.4 Å². The lowest BCUT2D eigenvalue weighted by atomic mass is 9.98. The molecule has 7 heteroatoms. The molecule has 3 rings (SSSR count). The van der Waals surface area contributed by atoms with Crippen molar-refractivity contribution in [3.05, 3.63) is 47.5 Å². The Labute approximate surface area is 171 Å². The van der Waals surface area contributed by atoms with Gasteiger partial charge in [0.1, 0.15) is 11.7 Å². The molecule has 2 amide bonds. The van der Waals surface area contributed by atoms with Gasteiger partial charge in [-0.2, -0.15) is 0 Å². The molecule has 0 spiro atoms. The summed E-state index contributed by atoms with van der Waals surface area (Å²) in [4.78, 5) is 30.4. The summed E-state index contributed by atoms with van der Waals surface area (Å²) in [5.74, 6) is -0.0780.